The van der Waals surface area contributed by atoms with Crippen molar-refractivity contribution in [2.45, 2.75) is 32.2 Å². The smallest absolute Gasteiger partial charge is 0.191 e. The van der Waals surface area contributed by atoms with Crippen LogP contribution in [0, 0.1) is 0 Å². The van der Waals surface area contributed by atoms with E-state index in [-0.39, 0.29) is 0 Å². The summed E-state index contributed by atoms with van der Waals surface area (Å²) in [4.78, 5) is 8.83. The van der Waals surface area contributed by atoms with Crippen LogP contribution in [0.15, 0.2) is 46.8 Å². The van der Waals surface area contributed by atoms with E-state index in [1.165, 1.54) is 30.8 Å². The predicted octanol–water partition coefficient (Wildman–Crippen LogP) is 3.39. The maximum atomic E-state index is 9.59. The Hall–Kier alpha value is -2.05. The minimum Gasteiger partial charge on any atom is -0.508 e. The topological polar surface area (TPSA) is 59.9 Å². The number of nitrogens with one attached hydrogen (secondary N) is 2. The molecule has 1 fully saturated rings. The van der Waals surface area contributed by atoms with Crippen LogP contribution in [-0.2, 0) is 6.42 Å². The van der Waals surface area contributed by atoms with Crippen LogP contribution >= 0.6 is 11.3 Å². The number of nitrogens with zero attached hydrogens (tertiary/aromatic N) is 2. The van der Waals surface area contributed by atoms with Gasteiger partial charge in [0.2, 0.25) is 0 Å². The number of hydrogen-bond acceptors (Lipinski definition) is 4. The lowest BCUT2D eigenvalue weighted by Crippen LogP contribution is -2.39. The molecule has 146 valence electrons. The van der Waals surface area contributed by atoms with Crippen molar-refractivity contribution in [3.63, 3.8) is 0 Å². The molecule has 0 bridgehead atoms. The Morgan fingerprint density at radius 1 is 1.22 bits per heavy atom. The highest BCUT2D eigenvalue weighted by Crippen LogP contribution is 2.28. The number of guanidine groups is 1. The third-order valence-corrected chi connectivity index (χ3v) is 5.81. The maximum Gasteiger partial charge on any atom is 0.191 e. The fourth-order valence-corrected chi connectivity index (χ4v) is 4.33. The second kappa shape index (κ2) is 10.3. The Bertz CT molecular complexity index is 711. The molecule has 1 unspecified atom stereocenters. The molecule has 0 amide bonds. The molecule has 5 nitrogen and oxygen atoms in total. The summed E-state index contributed by atoms with van der Waals surface area (Å²) in [5, 5.41) is 18.5. The first kappa shape index (κ1) is 19.7. The first-order valence-electron chi connectivity index (χ1n) is 9.84. The van der Waals surface area contributed by atoms with Gasteiger partial charge in [-0.05, 0) is 68.4 Å². The van der Waals surface area contributed by atoms with E-state index >= 15 is 0 Å². The third-order valence-electron chi connectivity index (χ3n) is 4.84. The SMILES string of the molecule is CCNC(=NCC(c1cccs1)N1CCCC1)NCCc1cccc(O)c1. The Kier molecular flexibility index (Phi) is 7.54. The molecule has 1 aromatic carbocycles. The van der Waals surface area contributed by atoms with E-state index < -0.39 is 0 Å². The van der Waals surface area contributed by atoms with E-state index in [4.69, 9.17) is 4.99 Å². The number of phenols is 1. The van der Waals surface area contributed by atoms with Crippen LogP contribution in [0.5, 0.6) is 5.75 Å². The van der Waals surface area contributed by atoms with Crippen LogP contribution in [-0.4, -0.2) is 48.7 Å². The van der Waals surface area contributed by atoms with Crippen LogP contribution in [0.3, 0.4) is 0 Å². The normalized spacial score (nSPS) is 16.4. The minimum absolute atomic E-state index is 0.317. The summed E-state index contributed by atoms with van der Waals surface area (Å²) < 4.78 is 0. The lowest BCUT2D eigenvalue weighted by Gasteiger charge is -2.25. The molecule has 3 N–H and O–H groups in total. The molecule has 0 saturated carbocycles. The number of thiophene rings is 1. The minimum atomic E-state index is 0.317. The molecule has 0 radical (unpaired) electrons. The van der Waals surface area contributed by atoms with Crippen LogP contribution in [0.4, 0.5) is 0 Å². The van der Waals surface area contributed by atoms with Crippen molar-refractivity contribution in [2.24, 2.45) is 4.99 Å². The van der Waals surface area contributed by atoms with Gasteiger partial charge < -0.3 is 15.7 Å². The Balaban J connectivity index is 1.59. The Morgan fingerprint density at radius 3 is 2.78 bits per heavy atom. The Morgan fingerprint density at radius 2 is 2.07 bits per heavy atom. The highest BCUT2D eigenvalue weighted by molar-refractivity contribution is 7.10. The lowest BCUT2D eigenvalue weighted by atomic mass is 10.1. The van der Waals surface area contributed by atoms with Crippen molar-refractivity contribution in [1.82, 2.24) is 15.5 Å². The van der Waals surface area contributed by atoms with Gasteiger partial charge in [0.1, 0.15) is 5.75 Å². The summed E-state index contributed by atoms with van der Waals surface area (Å²) in [5.74, 6) is 1.18. The van der Waals surface area contributed by atoms with Gasteiger partial charge in [-0.15, -0.1) is 11.3 Å². The van der Waals surface area contributed by atoms with Crippen LogP contribution < -0.4 is 10.6 Å². The summed E-state index contributed by atoms with van der Waals surface area (Å²) >= 11 is 1.82. The van der Waals surface area contributed by atoms with E-state index in [1.54, 1.807) is 6.07 Å². The first-order valence-corrected chi connectivity index (χ1v) is 10.7. The molecular weight excluding hydrogens is 356 g/mol. The number of hydrogen-bond donors (Lipinski definition) is 3. The molecule has 0 aliphatic carbocycles. The molecule has 2 aromatic rings. The van der Waals surface area contributed by atoms with Gasteiger partial charge in [-0.25, -0.2) is 0 Å². The molecule has 1 atom stereocenters. The summed E-state index contributed by atoms with van der Waals surface area (Å²) in [6.07, 6.45) is 3.42. The third kappa shape index (κ3) is 5.97. The molecule has 1 saturated heterocycles. The zero-order chi connectivity index (χ0) is 18.9. The van der Waals surface area contributed by atoms with E-state index in [1.807, 2.05) is 29.5 Å². The van der Waals surface area contributed by atoms with Crippen molar-refractivity contribution in [1.29, 1.82) is 0 Å². The second-order valence-electron chi connectivity index (χ2n) is 6.84. The summed E-state index contributed by atoms with van der Waals surface area (Å²) in [6, 6.07) is 12.2. The van der Waals surface area contributed by atoms with Gasteiger partial charge in [0.25, 0.3) is 0 Å². The molecule has 1 aliphatic heterocycles. The van der Waals surface area contributed by atoms with Crippen LogP contribution in [0.1, 0.15) is 36.2 Å². The second-order valence-corrected chi connectivity index (χ2v) is 7.82. The largest absolute Gasteiger partial charge is 0.508 e. The van der Waals surface area contributed by atoms with E-state index in [0.29, 0.717) is 11.8 Å². The van der Waals surface area contributed by atoms with Crippen LogP contribution in [0.2, 0.25) is 0 Å². The van der Waals surface area contributed by atoms with E-state index in [2.05, 4.69) is 40.0 Å². The van der Waals surface area contributed by atoms with Gasteiger partial charge in [-0.1, -0.05) is 18.2 Å². The van der Waals surface area contributed by atoms with Gasteiger partial charge in [-0.2, -0.15) is 0 Å². The van der Waals surface area contributed by atoms with Crippen molar-refractivity contribution >= 4 is 17.3 Å². The summed E-state index contributed by atoms with van der Waals surface area (Å²) in [7, 11) is 0. The summed E-state index contributed by atoms with van der Waals surface area (Å²) in [5.41, 5.74) is 1.12. The first-order chi connectivity index (χ1) is 13.3. The van der Waals surface area contributed by atoms with Crippen molar-refractivity contribution in [3.05, 3.63) is 52.2 Å². The highest BCUT2D eigenvalue weighted by Gasteiger charge is 2.24. The average molecular weight is 387 g/mol. The van der Waals surface area contributed by atoms with Gasteiger partial charge in [0.15, 0.2) is 5.96 Å². The quantitative estimate of drug-likeness (QED) is 0.481. The Labute approximate surface area is 166 Å². The fourth-order valence-electron chi connectivity index (χ4n) is 3.48. The average Bonchev–Trinajstić information content (AvgIpc) is 3.36. The monoisotopic (exact) mass is 386 g/mol. The zero-order valence-electron chi connectivity index (χ0n) is 16.0. The van der Waals surface area contributed by atoms with Crippen molar-refractivity contribution in [3.8, 4) is 5.75 Å². The molecule has 2 heterocycles. The standard InChI is InChI=1S/C21H30N4OS/c1-2-22-21(23-11-10-17-7-5-8-18(26)15-17)24-16-19(20-9-6-14-27-20)25-12-3-4-13-25/h5-9,14-15,19,26H,2-4,10-13,16H2,1H3,(H2,22,23,24). The summed E-state index contributed by atoms with van der Waals surface area (Å²) in [6.45, 7) is 6.80. The number of aliphatic imine (C=N–C) groups is 1. The molecule has 1 aromatic heterocycles. The number of benzene rings is 1. The molecular formula is C21H30N4OS. The van der Waals surface area contributed by atoms with Crippen molar-refractivity contribution < 1.29 is 5.11 Å². The molecule has 3 rings (SSSR count). The van der Waals surface area contributed by atoms with Gasteiger partial charge in [-0.3, -0.25) is 9.89 Å². The van der Waals surface area contributed by atoms with Gasteiger partial charge in [0.05, 0.1) is 12.6 Å². The molecule has 6 heteroatoms. The number of rotatable bonds is 8. The lowest BCUT2D eigenvalue weighted by molar-refractivity contribution is 0.255. The fraction of sp³-hybridized carbons (Fsp3) is 0.476. The van der Waals surface area contributed by atoms with Gasteiger partial charge in [0, 0.05) is 18.0 Å². The van der Waals surface area contributed by atoms with Crippen molar-refractivity contribution in [2.75, 3.05) is 32.7 Å². The van der Waals surface area contributed by atoms with E-state index in [0.717, 1.165) is 37.6 Å². The van der Waals surface area contributed by atoms with Crippen LogP contribution in [0.25, 0.3) is 0 Å². The highest BCUT2D eigenvalue weighted by atomic mass is 32.1. The predicted molar refractivity (Wildman–Crippen MR) is 114 cm³/mol. The van der Waals surface area contributed by atoms with Gasteiger partial charge >= 0.3 is 0 Å². The zero-order valence-corrected chi connectivity index (χ0v) is 16.8. The van der Waals surface area contributed by atoms with E-state index in [9.17, 15) is 5.11 Å². The maximum absolute atomic E-state index is 9.59. The number of phenolic OH excluding ortho intramolecular Hbond substituents is 1. The number of likely N-dealkylation sites (tertiary alicyclic amines) is 1. The molecule has 27 heavy (non-hydrogen) atoms. The molecule has 1 aliphatic rings. The number of aromatic hydroxyl groups is 1. The molecule has 0 spiro atoms.